The lowest BCUT2D eigenvalue weighted by atomic mass is 9.88. The Labute approximate surface area is 176 Å². The molecule has 0 atom stereocenters. The van der Waals surface area contributed by atoms with Crippen molar-refractivity contribution in [2.75, 3.05) is 17.3 Å². The summed E-state index contributed by atoms with van der Waals surface area (Å²) in [5.41, 5.74) is 3.96. The summed E-state index contributed by atoms with van der Waals surface area (Å²) in [6, 6.07) is 13.7. The molecular weight excluding hydrogens is 390 g/mol. The van der Waals surface area contributed by atoms with E-state index in [0.29, 0.717) is 12.4 Å². The highest BCUT2D eigenvalue weighted by Gasteiger charge is 2.35. The molecule has 148 valence electrons. The number of hydrogen-bond donors (Lipinski definition) is 0. The quantitative estimate of drug-likeness (QED) is 0.562. The molecular formula is C23H26ClNO2S. The van der Waals surface area contributed by atoms with E-state index in [0.717, 1.165) is 33.3 Å². The summed E-state index contributed by atoms with van der Waals surface area (Å²) < 4.78 is 5.65. The molecule has 0 saturated carbocycles. The number of rotatable bonds is 6. The maximum absolute atomic E-state index is 13.2. The minimum atomic E-state index is -0.373. The number of ether oxygens (including phenoxy) is 1. The summed E-state index contributed by atoms with van der Waals surface area (Å²) in [5.74, 6) is 2.14. The van der Waals surface area contributed by atoms with Crippen LogP contribution in [0.1, 0.15) is 38.8 Å². The Morgan fingerprint density at radius 3 is 2.57 bits per heavy atom. The van der Waals surface area contributed by atoms with Crippen molar-refractivity contribution in [2.45, 2.75) is 39.0 Å². The number of benzene rings is 2. The van der Waals surface area contributed by atoms with Crippen LogP contribution in [-0.4, -0.2) is 23.8 Å². The molecule has 0 unspecified atom stereocenters. The second-order valence-corrected chi connectivity index (χ2v) is 8.86. The zero-order valence-electron chi connectivity index (χ0n) is 16.8. The standard InChI is InChI=1S/C23H26ClNO2S/c1-5-27-19-10-11-21-20(12-19)16(2)13-23(3,4)25(21)22(26)15-28-14-17-6-8-18(24)9-7-17/h6-13H,5,14-15H2,1-4H3. The minimum Gasteiger partial charge on any atom is -0.494 e. The number of carbonyl (C=O) groups is 1. The highest BCUT2D eigenvalue weighted by atomic mass is 35.5. The molecule has 0 saturated heterocycles. The molecule has 2 aromatic carbocycles. The molecule has 1 aliphatic rings. The summed E-state index contributed by atoms with van der Waals surface area (Å²) in [4.78, 5) is 15.1. The third kappa shape index (κ3) is 4.56. The van der Waals surface area contributed by atoms with Gasteiger partial charge in [0.25, 0.3) is 0 Å². The Kier molecular flexibility index (Phi) is 6.41. The van der Waals surface area contributed by atoms with Gasteiger partial charge in [-0.25, -0.2) is 0 Å². The highest BCUT2D eigenvalue weighted by molar-refractivity contribution is 7.99. The van der Waals surface area contributed by atoms with Gasteiger partial charge in [-0.15, -0.1) is 11.8 Å². The van der Waals surface area contributed by atoms with E-state index in [-0.39, 0.29) is 11.4 Å². The van der Waals surface area contributed by atoms with Crippen molar-refractivity contribution in [1.82, 2.24) is 0 Å². The Morgan fingerprint density at radius 1 is 1.18 bits per heavy atom. The molecule has 5 heteroatoms. The fraction of sp³-hybridized carbons (Fsp3) is 0.348. The van der Waals surface area contributed by atoms with Crippen LogP contribution in [-0.2, 0) is 10.5 Å². The summed E-state index contributed by atoms with van der Waals surface area (Å²) in [6.45, 7) is 8.85. The van der Waals surface area contributed by atoms with E-state index in [1.807, 2.05) is 54.3 Å². The van der Waals surface area contributed by atoms with Gasteiger partial charge in [0.1, 0.15) is 5.75 Å². The van der Waals surface area contributed by atoms with Crippen molar-refractivity contribution < 1.29 is 9.53 Å². The lowest BCUT2D eigenvalue weighted by Crippen LogP contribution is -2.49. The summed E-state index contributed by atoms with van der Waals surface area (Å²) in [5, 5.41) is 0.727. The molecule has 0 bridgehead atoms. The predicted molar refractivity (Wildman–Crippen MR) is 120 cm³/mol. The van der Waals surface area contributed by atoms with Gasteiger partial charge in [-0.3, -0.25) is 4.79 Å². The lowest BCUT2D eigenvalue weighted by molar-refractivity contribution is -0.116. The first kappa shape index (κ1) is 20.8. The first-order valence-electron chi connectivity index (χ1n) is 9.44. The second-order valence-electron chi connectivity index (χ2n) is 7.44. The largest absolute Gasteiger partial charge is 0.494 e. The van der Waals surface area contributed by atoms with Crippen LogP contribution in [0.15, 0.2) is 48.5 Å². The molecule has 28 heavy (non-hydrogen) atoms. The van der Waals surface area contributed by atoms with Crippen LogP contribution >= 0.6 is 23.4 Å². The molecule has 0 aliphatic carbocycles. The van der Waals surface area contributed by atoms with Gasteiger partial charge in [-0.05, 0) is 69.2 Å². The van der Waals surface area contributed by atoms with E-state index in [9.17, 15) is 4.79 Å². The number of hydrogen-bond acceptors (Lipinski definition) is 3. The first-order chi connectivity index (χ1) is 13.3. The van der Waals surface area contributed by atoms with Gasteiger partial charge in [-0.2, -0.15) is 0 Å². The smallest absolute Gasteiger partial charge is 0.237 e. The molecule has 0 spiro atoms. The summed E-state index contributed by atoms with van der Waals surface area (Å²) in [6.07, 6.45) is 2.16. The van der Waals surface area contributed by atoms with Crippen LogP contribution in [0.3, 0.4) is 0 Å². The van der Waals surface area contributed by atoms with Crippen LogP contribution < -0.4 is 9.64 Å². The number of amides is 1. The van der Waals surface area contributed by atoms with E-state index in [2.05, 4.69) is 26.8 Å². The van der Waals surface area contributed by atoms with E-state index < -0.39 is 0 Å². The van der Waals surface area contributed by atoms with Crippen molar-refractivity contribution in [2.24, 2.45) is 0 Å². The van der Waals surface area contributed by atoms with Gasteiger partial charge in [0.2, 0.25) is 5.91 Å². The van der Waals surface area contributed by atoms with Gasteiger partial charge >= 0.3 is 0 Å². The number of allylic oxidation sites excluding steroid dienone is 1. The average Bonchev–Trinajstić information content (AvgIpc) is 2.63. The molecule has 0 N–H and O–H groups in total. The molecule has 0 fully saturated rings. The van der Waals surface area contributed by atoms with Crippen molar-refractivity contribution in [3.63, 3.8) is 0 Å². The van der Waals surface area contributed by atoms with Gasteiger partial charge in [0, 0.05) is 16.3 Å². The Morgan fingerprint density at radius 2 is 1.89 bits per heavy atom. The van der Waals surface area contributed by atoms with Crippen LogP contribution in [0, 0.1) is 0 Å². The third-order valence-electron chi connectivity index (χ3n) is 4.75. The topological polar surface area (TPSA) is 29.5 Å². The highest BCUT2D eigenvalue weighted by Crippen LogP contribution is 2.41. The molecule has 2 aromatic rings. The predicted octanol–water partition coefficient (Wildman–Crippen LogP) is 6.20. The first-order valence-corrected chi connectivity index (χ1v) is 11.0. The van der Waals surface area contributed by atoms with E-state index in [1.54, 1.807) is 11.8 Å². The molecule has 0 radical (unpaired) electrons. The van der Waals surface area contributed by atoms with Crippen LogP contribution in [0.25, 0.3) is 5.57 Å². The van der Waals surface area contributed by atoms with Gasteiger partial charge in [-0.1, -0.05) is 29.8 Å². The number of nitrogens with zero attached hydrogens (tertiary/aromatic N) is 1. The number of thioether (sulfide) groups is 1. The summed E-state index contributed by atoms with van der Waals surface area (Å²) in [7, 11) is 0. The molecule has 1 amide bonds. The van der Waals surface area contributed by atoms with Gasteiger partial charge in [0.15, 0.2) is 0 Å². The number of fused-ring (bicyclic) bond motifs is 1. The lowest BCUT2D eigenvalue weighted by Gasteiger charge is -2.41. The second kappa shape index (κ2) is 8.62. The van der Waals surface area contributed by atoms with Crippen molar-refractivity contribution in [1.29, 1.82) is 0 Å². The minimum absolute atomic E-state index is 0.109. The summed E-state index contributed by atoms with van der Waals surface area (Å²) >= 11 is 7.56. The van der Waals surface area contributed by atoms with Gasteiger partial charge in [0.05, 0.1) is 23.6 Å². The van der Waals surface area contributed by atoms with Crippen molar-refractivity contribution in [3.8, 4) is 5.75 Å². The van der Waals surface area contributed by atoms with Gasteiger partial charge < -0.3 is 9.64 Å². The number of halogens is 1. The van der Waals surface area contributed by atoms with Crippen molar-refractivity contribution in [3.05, 3.63) is 64.7 Å². The fourth-order valence-corrected chi connectivity index (χ4v) is 4.58. The molecule has 1 heterocycles. The maximum atomic E-state index is 13.2. The maximum Gasteiger partial charge on any atom is 0.237 e. The zero-order chi connectivity index (χ0) is 20.3. The normalized spacial score (nSPS) is 15.0. The van der Waals surface area contributed by atoms with Crippen molar-refractivity contribution >= 4 is 40.5 Å². The van der Waals surface area contributed by atoms with Crippen LogP contribution in [0.2, 0.25) is 5.02 Å². The SMILES string of the molecule is CCOc1ccc2c(c1)C(C)=CC(C)(C)N2C(=O)CSCc1ccc(Cl)cc1. The van der Waals surface area contributed by atoms with Crippen LogP contribution in [0.4, 0.5) is 5.69 Å². The Bertz CT molecular complexity index is 890. The van der Waals surface area contributed by atoms with E-state index in [1.165, 1.54) is 5.57 Å². The Balaban J connectivity index is 1.77. The molecule has 1 aliphatic heterocycles. The molecule has 3 nitrogen and oxygen atoms in total. The van der Waals surface area contributed by atoms with E-state index in [4.69, 9.17) is 16.3 Å². The zero-order valence-corrected chi connectivity index (χ0v) is 18.4. The average molecular weight is 416 g/mol. The number of anilines is 1. The fourth-order valence-electron chi connectivity index (χ4n) is 3.62. The third-order valence-corrected chi connectivity index (χ3v) is 5.99. The molecule has 0 aromatic heterocycles. The monoisotopic (exact) mass is 415 g/mol. The van der Waals surface area contributed by atoms with Crippen LogP contribution in [0.5, 0.6) is 5.75 Å². The Hall–Kier alpha value is -1.91. The number of carbonyl (C=O) groups excluding carboxylic acids is 1. The molecule has 3 rings (SSSR count). The van der Waals surface area contributed by atoms with E-state index >= 15 is 0 Å².